The van der Waals surface area contributed by atoms with Gasteiger partial charge in [-0.2, -0.15) is 0 Å². The second kappa shape index (κ2) is 10.3. The second-order valence-corrected chi connectivity index (χ2v) is 11.7. The molecule has 1 aromatic heterocycles. The predicted octanol–water partition coefficient (Wildman–Crippen LogP) is 4.73. The fourth-order valence-corrected chi connectivity index (χ4v) is 7.22. The van der Waals surface area contributed by atoms with Crippen molar-refractivity contribution in [2.45, 2.75) is 65.5 Å². The Bertz CT molecular complexity index is 1410. The van der Waals surface area contributed by atoms with E-state index in [0.717, 1.165) is 22.0 Å². The number of ketones is 2. The van der Waals surface area contributed by atoms with Gasteiger partial charge >= 0.3 is 0 Å². The Morgan fingerprint density at radius 1 is 1.08 bits per heavy atom. The third kappa shape index (κ3) is 4.37. The van der Waals surface area contributed by atoms with Gasteiger partial charge in [-0.1, -0.05) is 50.3 Å². The van der Waals surface area contributed by atoms with E-state index in [1.807, 2.05) is 69.5 Å². The van der Waals surface area contributed by atoms with Crippen LogP contribution in [0, 0.1) is 29.1 Å². The molecule has 3 aliphatic rings. The Balaban J connectivity index is 1.61. The Morgan fingerprint density at radius 3 is 2.59 bits per heavy atom. The van der Waals surface area contributed by atoms with E-state index in [1.54, 1.807) is 6.92 Å². The maximum absolute atomic E-state index is 14.2. The lowest BCUT2D eigenvalue weighted by atomic mass is 9.54. The second-order valence-electron chi connectivity index (χ2n) is 11.7. The number of fused-ring (bicyclic) bond motifs is 1. The lowest BCUT2D eigenvalue weighted by Gasteiger charge is -2.45. The summed E-state index contributed by atoms with van der Waals surface area (Å²) in [7, 11) is 0. The third-order valence-electron chi connectivity index (χ3n) is 9.36. The molecular formula is C32H38N2O5. The Kier molecular flexibility index (Phi) is 7.14. The number of aliphatic hydroxyl groups is 2. The van der Waals surface area contributed by atoms with Gasteiger partial charge in [0.15, 0.2) is 5.78 Å². The van der Waals surface area contributed by atoms with Gasteiger partial charge < -0.3 is 20.5 Å². The van der Waals surface area contributed by atoms with Crippen molar-refractivity contribution in [3.8, 4) is 0 Å². The molecule has 1 saturated heterocycles. The van der Waals surface area contributed by atoms with Gasteiger partial charge in [0, 0.05) is 41.9 Å². The van der Waals surface area contributed by atoms with E-state index in [-0.39, 0.29) is 42.3 Å². The van der Waals surface area contributed by atoms with Crippen molar-refractivity contribution in [2.75, 3.05) is 0 Å². The molecule has 7 heteroatoms. The standard InChI is InChI=1S/C32H38N2O5/c1-17-8-7-10-23-30(38)20(4)19(3)28-25(15-21-16-33-24-11-6-5-9-22(21)24)34-31(39)32(23,28)27(36)13-12-26(35)29(37)18(2)14-17/h5-7,9-11,14,16-17,19,23,25,28-29,33,37-38H,8,12-13,15H2,1-4H3,(H,34,39)/b10-7+,18-14+/t17-,19+,23-,25?,28-,29-,32+/m0/s1. The van der Waals surface area contributed by atoms with Crippen LogP contribution in [0.2, 0.25) is 0 Å². The highest BCUT2D eigenvalue weighted by atomic mass is 16.3. The fourth-order valence-electron chi connectivity index (χ4n) is 7.22. The molecule has 206 valence electrons. The van der Waals surface area contributed by atoms with Crippen molar-refractivity contribution < 1.29 is 24.6 Å². The van der Waals surface area contributed by atoms with Crippen LogP contribution in [0.25, 0.3) is 10.9 Å². The number of para-hydroxylation sites is 1. The largest absolute Gasteiger partial charge is 0.512 e. The average molecular weight is 531 g/mol. The van der Waals surface area contributed by atoms with Gasteiger partial charge in [0.05, 0.1) is 11.7 Å². The molecule has 1 fully saturated rings. The van der Waals surface area contributed by atoms with Crippen LogP contribution in [0.5, 0.6) is 0 Å². The summed E-state index contributed by atoms with van der Waals surface area (Å²) in [4.78, 5) is 44.5. The molecule has 39 heavy (non-hydrogen) atoms. The van der Waals surface area contributed by atoms with Crippen LogP contribution in [0.1, 0.15) is 52.5 Å². The molecule has 1 aromatic carbocycles. The first-order chi connectivity index (χ1) is 18.6. The van der Waals surface area contributed by atoms with E-state index in [2.05, 4.69) is 10.3 Å². The van der Waals surface area contributed by atoms with Crippen LogP contribution in [0.3, 0.4) is 0 Å². The fraction of sp³-hybridized carbons (Fsp3) is 0.469. The summed E-state index contributed by atoms with van der Waals surface area (Å²) in [6, 6.07) is 7.65. The van der Waals surface area contributed by atoms with Crippen LogP contribution >= 0.6 is 0 Å². The highest BCUT2D eigenvalue weighted by Crippen LogP contribution is 2.56. The minimum absolute atomic E-state index is 0.0219. The van der Waals surface area contributed by atoms with E-state index in [1.165, 1.54) is 0 Å². The number of H-pyrrole nitrogens is 1. The van der Waals surface area contributed by atoms with E-state index in [0.29, 0.717) is 18.4 Å². The molecule has 7 nitrogen and oxygen atoms in total. The zero-order valence-electron chi connectivity index (χ0n) is 23.0. The van der Waals surface area contributed by atoms with Crippen LogP contribution in [0.15, 0.2) is 65.6 Å². The molecule has 2 aliphatic carbocycles. The number of amides is 1. The maximum Gasteiger partial charge on any atom is 0.235 e. The summed E-state index contributed by atoms with van der Waals surface area (Å²) in [6.45, 7) is 7.55. The minimum Gasteiger partial charge on any atom is -0.512 e. The van der Waals surface area contributed by atoms with E-state index >= 15 is 0 Å². The molecule has 4 N–H and O–H groups in total. The molecule has 1 aliphatic heterocycles. The molecule has 1 amide bonds. The number of carbonyl (C=O) groups is 3. The van der Waals surface area contributed by atoms with Gasteiger partial charge in [0.25, 0.3) is 0 Å². The first kappa shape index (κ1) is 27.1. The number of nitrogens with one attached hydrogen (secondary N) is 2. The first-order valence-electron chi connectivity index (χ1n) is 13.9. The number of hydrogen-bond donors (Lipinski definition) is 4. The molecule has 0 bridgehead atoms. The van der Waals surface area contributed by atoms with Gasteiger partial charge in [-0.25, -0.2) is 0 Å². The third-order valence-corrected chi connectivity index (χ3v) is 9.36. The number of aromatic amines is 1. The van der Waals surface area contributed by atoms with Crippen LogP contribution in [0.4, 0.5) is 0 Å². The molecule has 0 saturated carbocycles. The highest BCUT2D eigenvalue weighted by Gasteiger charge is 2.67. The number of aromatic nitrogens is 1. The first-order valence-corrected chi connectivity index (χ1v) is 13.9. The van der Waals surface area contributed by atoms with E-state index in [9.17, 15) is 24.6 Å². The smallest absolute Gasteiger partial charge is 0.235 e. The highest BCUT2D eigenvalue weighted by molar-refractivity contribution is 6.10. The summed E-state index contributed by atoms with van der Waals surface area (Å²) >= 11 is 0. The summed E-state index contributed by atoms with van der Waals surface area (Å²) < 4.78 is 0. The van der Waals surface area contributed by atoms with Crippen molar-refractivity contribution in [2.24, 2.45) is 29.1 Å². The number of rotatable bonds is 2. The van der Waals surface area contributed by atoms with Crippen molar-refractivity contribution in [1.29, 1.82) is 0 Å². The Morgan fingerprint density at radius 2 is 1.82 bits per heavy atom. The van der Waals surface area contributed by atoms with Crippen molar-refractivity contribution >= 4 is 28.4 Å². The Hall–Kier alpha value is -3.45. The predicted molar refractivity (Wildman–Crippen MR) is 150 cm³/mol. The topological polar surface area (TPSA) is 119 Å². The number of carbonyl (C=O) groups excluding carboxylic acids is 3. The zero-order valence-corrected chi connectivity index (χ0v) is 23.0. The van der Waals surface area contributed by atoms with Crippen molar-refractivity contribution in [1.82, 2.24) is 10.3 Å². The summed E-state index contributed by atoms with van der Waals surface area (Å²) in [5, 5.41) is 26.3. The van der Waals surface area contributed by atoms with Gasteiger partial charge in [0.1, 0.15) is 17.3 Å². The molecule has 5 rings (SSSR count). The van der Waals surface area contributed by atoms with Gasteiger partial charge in [-0.15, -0.1) is 0 Å². The molecule has 2 aromatic rings. The number of Topliss-reactive ketones (excluding diaryl/α,β-unsaturated/α-hetero) is 2. The van der Waals surface area contributed by atoms with Crippen LogP contribution in [-0.2, 0) is 20.8 Å². The van der Waals surface area contributed by atoms with Crippen molar-refractivity contribution in [3.63, 3.8) is 0 Å². The maximum atomic E-state index is 14.2. The van der Waals surface area contributed by atoms with Gasteiger partial charge in [0.2, 0.25) is 5.91 Å². The number of aliphatic hydroxyl groups excluding tert-OH is 2. The molecule has 1 unspecified atom stereocenters. The quantitative estimate of drug-likeness (QED) is 0.331. The SMILES string of the molecule is CC1=C(O)[C@@H]2/C=C/C[C@H](C)/C=C(\C)[C@H](O)C(=O)CCC(=O)[C@]23C(=O)NC(Cc2c[nH]c4ccccc24)[C@@H]3[C@@H]1C. The normalized spacial score (nSPS) is 36.2. The van der Waals surface area contributed by atoms with Crippen molar-refractivity contribution in [3.05, 3.63) is 71.2 Å². The lowest BCUT2D eigenvalue weighted by Crippen LogP contribution is -2.54. The molecule has 1 spiro atoms. The zero-order chi connectivity index (χ0) is 28.1. The lowest BCUT2D eigenvalue weighted by molar-refractivity contribution is -0.147. The van der Waals surface area contributed by atoms with Gasteiger partial charge in [-0.05, 0) is 61.3 Å². The Labute approximate surface area is 229 Å². The van der Waals surface area contributed by atoms with Crippen LogP contribution < -0.4 is 5.32 Å². The monoisotopic (exact) mass is 530 g/mol. The summed E-state index contributed by atoms with van der Waals surface area (Å²) in [6.07, 6.45) is 7.05. The average Bonchev–Trinajstić information content (AvgIpc) is 3.45. The van der Waals surface area contributed by atoms with E-state index in [4.69, 9.17) is 0 Å². The minimum atomic E-state index is -1.54. The van der Waals surface area contributed by atoms with Crippen LogP contribution in [-0.4, -0.2) is 44.8 Å². The number of benzene rings is 1. The molecule has 2 heterocycles. The molecular weight excluding hydrogens is 492 g/mol. The summed E-state index contributed by atoms with van der Waals surface area (Å²) in [5.41, 5.74) is 1.85. The van der Waals surface area contributed by atoms with Gasteiger partial charge in [-0.3, -0.25) is 14.4 Å². The van der Waals surface area contributed by atoms with E-state index < -0.39 is 35.0 Å². The summed E-state index contributed by atoms with van der Waals surface area (Å²) in [5.74, 6) is -2.59. The molecule has 0 radical (unpaired) electrons. The number of allylic oxidation sites excluding steroid dienone is 4. The number of hydrogen-bond acceptors (Lipinski definition) is 5. The molecule has 7 atom stereocenters.